The van der Waals surface area contributed by atoms with Gasteiger partial charge in [-0.05, 0) is 19.1 Å². The molecule has 0 unspecified atom stereocenters. The molecular weight excluding hydrogens is 248 g/mol. The number of aromatic nitrogens is 3. The normalized spacial score (nSPS) is 10.5. The number of amides is 1. The molecule has 0 aliphatic rings. The van der Waals surface area contributed by atoms with E-state index in [0.29, 0.717) is 12.2 Å². The number of primary amides is 1. The van der Waals surface area contributed by atoms with Gasteiger partial charge in [-0.3, -0.25) is 9.36 Å². The number of aryl methyl sites for hydroxylation is 1. The van der Waals surface area contributed by atoms with Crippen LogP contribution in [0.25, 0.3) is 5.69 Å². The van der Waals surface area contributed by atoms with Crippen LogP contribution in [0.2, 0.25) is 0 Å². The maximum absolute atomic E-state index is 10.7. The Labute approximate surface area is 109 Å². The fourth-order valence-corrected chi connectivity index (χ4v) is 2.50. The Bertz CT molecular complexity index is 538. The molecule has 1 heterocycles. The fourth-order valence-electron chi connectivity index (χ4n) is 1.55. The Hall–Kier alpha value is -1.82. The third-order valence-corrected chi connectivity index (χ3v) is 3.32. The second-order valence-electron chi connectivity index (χ2n) is 3.77. The highest BCUT2D eigenvalue weighted by molar-refractivity contribution is 7.99. The Morgan fingerprint density at radius 2 is 2.06 bits per heavy atom. The van der Waals surface area contributed by atoms with E-state index in [9.17, 15) is 4.79 Å². The molecule has 0 radical (unpaired) electrons. The molecule has 0 spiro atoms. The third-order valence-electron chi connectivity index (χ3n) is 2.39. The van der Waals surface area contributed by atoms with Crippen LogP contribution in [0, 0.1) is 6.92 Å². The van der Waals surface area contributed by atoms with Gasteiger partial charge in [-0.15, -0.1) is 10.2 Å². The van der Waals surface area contributed by atoms with E-state index >= 15 is 0 Å². The van der Waals surface area contributed by atoms with Crippen molar-refractivity contribution < 1.29 is 4.79 Å². The van der Waals surface area contributed by atoms with Crippen LogP contribution in [-0.2, 0) is 4.79 Å². The summed E-state index contributed by atoms with van der Waals surface area (Å²) in [6.07, 6.45) is 0.339. The van der Waals surface area contributed by atoms with Crippen LogP contribution in [0.4, 0.5) is 0 Å². The van der Waals surface area contributed by atoms with Gasteiger partial charge >= 0.3 is 0 Å². The lowest BCUT2D eigenvalue weighted by Crippen LogP contribution is -2.11. The molecule has 18 heavy (non-hydrogen) atoms. The summed E-state index contributed by atoms with van der Waals surface area (Å²) < 4.78 is 1.96. The number of benzene rings is 1. The molecule has 0 fully saturated rings. The average Bonchev–Trinajstić information content (AvgIpc) is 2.71. The van der Waals surface area contributed by atoms with Crippen LogP contribution < -0.4 is 5.73 Å². The van der Waals surface area contributed by atoms with Gasteiger partial charge in [-0.25, -0.2) is 0 Å². The molecule has 0 aliphatic heterocycles. The van der Waals surface area contributed by atoms with Crippen LogP contribution in [0.15, 0.2) is 35.5 Å². The Morgan fingerprint density at radius 1 is 1.33 bits per heavy atom. The number of para-hydroxylation sites is 1. The summed E-state index contributed by atoms with van der Waals surface area (Å²) >= 11 is 1.48. The Kier molecular flexibility index (Phi) is 3.99. The summed E-state index contributed by atoms with van der Waals surface area (Å²) in [5.74, 6) is 1.13. The Morgan fingerprint density at radius 3 is 2.72 bits per heavy atom. The van der Waals surface area contributed by atoms with Gasteiger partial charge in [0, 0.05) is 17.9 Å². The molecule has 1 aromatic heterocycles. The first-order valence-corrected chi connectivity index (χ1v) is 6.55. The van der Waals surface area contributed by atoms with Gasteiger partial charge in [0.1, 0.15) is 5.82 Å². The van der Waals surface area contributed by atoms with Gasteiger partial charge in [-0.2, -0.15) is 0 Å². The van der Waals surface area contributed by atoms with Crippen LogP contribution in [-0.4, -0.2) is 26.4 Å². The van der Waals surface area contributed by atoms with E-state index in [1.807, 2.05) is 41.8 Å². The van der Waals surface area contributed by atoms with Crippen LogP contribution in [0.5, 0.6) is 0 Å². The zero-order valence-corrected chi connectivity index (χ0v) is 10.9. The van der Waals surface area contributed by atoms with E-state index in [-0.39, 0.29) is 5.91 Å². The molecule has 94 valence electrons. The first kappa shape index (κ1) is 12.6. The lowest BCUT2D eigenvalue weighted by atomic mass is 10.3. The summed E-state index contributed by atoms with van der Waals surface area (Å²) in [5, 5.41) is 8.96. The maximum atomic E-state index is 10.7. The van der Waals surface area contributed by atoms with E-state index in [1.54, 1.807) is 0 Å². The van der Waals surface area contributed by atoms with Crippen molar-refractivity contribution >= 4 is 17.7 Å². The molecule has 5 nitrogen and oxygen atoms in total. The van der Waals surface area contributed by atoms with Crippen molar-refractivity contribution in [2.24, 2.45) is 5.73 Å². The molecule has 6 heteroatoms. The molecule has 2 rings (SSSR count). The minimum absolute atomic E-state index is 0.301. The second-order valence-corrected chi connectivity index (χ2v) is 4.83. The van der Waals surface area contributed by atoms with E-state index in [0.717, 1.165) is 16.7 Å². The monoisotopic (exact) mass is 262 g/mol. The van der Waals surface area contributed by atoms with Crippen molar-refractivity contribution in [3.63, 3.8) is 0 Å². The van der Waals surface area contributed by atoms with E-state index in [4.69, 9.17) is 5.73 Å². The van der Waals surface area contributed by atoms with E-state index in [1.165, 1.54) is 11.8 Å². The summed E-state index contributed by atoms with van der Waals surface area (Å²) in [5.41, 5.74) is 6.13. The molecule has 1 amide bonds. The highest BCUT2D eigenvalue weighted by Crippen LogP contribution is 2.21. The molecule has 2 aromatic rings. The standard InChI is InChI=1S/C12H14N4OS/c1-9-14-15-12(18-8-7-11(13)17)16(9)10-5-3-2-4-6-10/h2-6H,7-8H2,1H3,(H2,13,17). The number of hydrogen-bond acceptors (Lipinski definition) is 4. The molecule has 0 aliphatic carbocycles. The van der Waals surface area contributed by atoms with Gasteiger partial charge in [0.15, 0.2) is 5.16 Å². The number of nitrogens with two attached hydrogens (primary N) is 1. The number of thioether (sulfide) groups is 1. The van der Waals surface area contributed by atoms with Crippen molar-refractivity contribution in [1.29, 1.82) is 0 Å². The van der Waals surface area contributed by atoms with Crippen molar-refractivity contribution in [3.8, 4) is 5.69 Å². The molecule has 1 aromatic carbocycles. The predicted octanol–water partition coefficient (Wildman–Crippen LogP) is 1.54. The topological polar surface area (TPSA) is 73.8 Å². The highest BCUT2D eigenvalue weighted by atomic mass is 32.2. The van der Waals surface area contributed by atoms with E-state index in [2.05, 4.69) is 10.2 Å². The van der Waals surface area contributed by atoms with E-state index < -0.39 is 0 Å². The molecule has 0 saturated heterocycles. The summed E-state index contributed by atoms with van der Waals surface area (Å²) in [6.45, 7) is 1.90. The van der Waals surface area contributed by atoms with Gasteiger partial charge in [0.25, 0.3) is 0 Å². The fraction of sp³-hybridized carbons (Fsp3) is 0.250. The second kappa shape index (κ2) is 5.68. The van der Waals surface area contributed by atoms with Gasteiger partial charge in [0.05, 0.1) is 0 Å². The van der Waals surface area contributed by atoms with Crippen molar-refractivity contribution in [2.45, 2.75) is 18.5 Å². The number of nitrogens with zero attached hydrogens (tertiary/aromatic N) is 3. The minimum atomic E-state index is -0.301. The average molecular weight is 262 g/mol. The van der Waals surface area contributed by atoms with Crippen LogP contribution in [0.1, 0.15) is 12.2 Å². The van der Waals surface area contributed by atoms with Gasteiger partial charge in [-0.1, -0.05) is 30.0 Å². The predicted molar refractivity (Wildman–Crippen MR) is 70.6 cm³/mol. The smallest absolute Gasteiger partial charge is 0.218 e. The van der Waals surface area contributed by atoms with Crippen molar-refractivity contribution in [2.75, 3.05) is 5.75 Å². The summed E-state index contributed by atoms with van der Waals surface area (Å²) in [6, 6.07) is 9.88. The zero-order valence-electron chi connectivity index (χ0n) is 10.0. The lowest BCUT2D eigenvalue weighted by Gasteiger charge is -2.07. The van der Waals surface area contributed by atoms with Crippen LogP contribution >= 0.6 is 11.8 Å². The molecule has 2 N–H and O–H groups in total. The number of carbonyl (C=O) groups excluding carboxylic acids is 1. The summed E-state index contributed by atoms with van der Waals surface area (Å²) in [7, 11) is 0. The van der Waals surface area contributed by atoms with Crippen molar-refractivity contribution in [3.05, 3.63) is 36.2 Å². The number of rotatable bonds is 5. The molecule has 0 saturated carbocycles. The Balaban J connectivity index is 2.20. The van der Waals surface area contributed by atoms with Gasteiger partial charge < -0.3 is 5.73 Å². The number of carbonyl (C=O) groups is 1. The first-order valence-electron chi connectivity index (χ1n) is 5.57. The quantitative estimate of drug-likeness (QED) is 0.829. The minimum Gasteiger partial charge on any atom is -0.370 e. The van der Waals surface area contributed by atoms with Gasteiger partial charge in [0.2, 0.25) is 5.91 Å². The lowest BCUT2D eigenvalue weighted by molar-refractivity contribution is -0.117. The largest absolute Gasteiger partial charge is 0.370 e. The number of hydrogen-bond donors (Lipinski definition) is 1. The first-order chi connectivity index (χ1) is 8.68. The highest BCUT2D eigenvalue weighted by Gasteiger charge is 2.11. The molecule has 0 bridgehead atoms. The summed E-state index contributed by atoms with van der Waals surface area (Å²) in [4.78, 5) is 10.7. The molecule has 0 atom stereocenters. The molecular formula is C12H14N4OS. The van der Waals surface area contributed by atoms with Crippen LogP contribution in [0.3, 0.4) is 0 Å². The SMILES string of the molecule is Cc1nnc(SCCC(N)=O)n1-c1ccccc1. The van der Waals surface area contributed by atoms with Crippen molar-refractivity contribution in [1.82, 2.24) is 14.8 Å². The zero-order chi connectivity index (χ0) is 13.0. The maximum Gasteiger partial charge on any atom is 0.218 e. The third kappa shape index (κ3) is 2.89.